The molecule has 0 saturated carbocycles. The highest BCUT2D eigenvalue weighted by molar-refractivity contribution is 7.17. The van der Waals surface area contributed by atoms with Gasteiger partial charge in [-0.3, -0.25) is 0 Å². The predicted molar refractivity (Wildman–Crippen MR) is 78.5 cm³/mol. The number of carboxylic acids is 1. The number of carbonyl (C=O) groups is 1. The zero-order valence-electron chi connectivity index (χ0n) is 9.96. The molecule has 2 heterocycles. The molecule has 2 N–H and O–H groups in total. The molecule has 3 rings (SSSR count). The van der Waals surface area contributed by atoms with Gasteiger partial charge in [-0.1, -0.05) is 42.5 Å². The number of hydrogen-bond donors (Lipinski definition) is 2. The summed E-state index contributed by atoms with van der Waals surface area (Å²) in [7, 11) is 0. The molecule has 0 atom stereocenters. The fraction of sp³-hybridized carbons (Fsp3) is 0. The molecule has 19 heavy (non-hydrogen) atoms. The van der Waals surface area contributed by atoms with Crippen molar-refractivity contribution in [2.24, 2.45) is 0 Å². The van der Waals surface area contributed by atoms with Crippen molar-refractivity contribution in [3.8, 4) is 0 Å². The molecule has 3 aromatic rings. The van der Waals surface area contributed by atoms with Crippen molar-refractivity contribution in [2.45, 2.75) is 0 Å². The van der Waals surface area contributed by atoms with Crippen molar-refractivity contribution in [3.05, 3.63) is 58.6 Å². The average molecular weight is 269 g/mol. The Balaban J connectivity index is 1.97. The number of thiophene rings is 1. The molecule has 4 heteroatoms. The van der Waals surface area contributed by atoms with Gasteiger partial charge in [-0.25, -0.2) is 4.79 Å². The van der Waals surface area contributed by atoms with Gasteiger partial charge in [0.25, 0.3) is 0 Å². The maximum absolute atomic E-state index is 10.9. The van der Waals surface area contributed by atoms with Crippen molar-refractivity contribution in [1.29, 1.82) is 0 Å². The van der Waals surface area contributed by atoms with E-state index in [1.807, 2.05) is 47.9 Å². The lowest BCUT2D eigenvalue weighted by Gasteiger charge is -1.91. The Morgan fingerprint density at radius 1 is 1.21 bits per heavy atom. The summed E-state index contributed by atoms with van der Waals surface area (Å²) in [6.45, 7) is 0. The molecular weight excluding hydrogens is 258 g/mol. The maximum Gasteiger partial charge on any atom is 0.352 e. The molecule has 0 aliphatic heterocycles. The monoisotopic (exact) mass is 269 g/mol. The molecule has 2 aromatic heterocycles. The van der Waals surface area contributed by atoms with Gasteiger partial charge in [-0.2, -0.15) is 0 Å². The number of fused-ring (bicyclic) bond motifs is 1. The number of H-pyrrole nitrogens is 1. The van der Waals surface area contributed by atoms with Gasteiger partial charge in [0.1, 0.15) is 5.69 Å². The molecule has 0 aliphatic carbocycles. The molecular formula is C15H11NO2S. The molecule has 1 aromatic carbocycles. The van der Waals surface area contributed by atoms with Gasteiger partial charge in [0.2, 0.25) is 0 Å². The van der Waals surface area contributed by atoms with Gasteiger partial charge < -0.3 is 10.1 Å². The SMILES string of the molecule is O=C(O)c1cc2scc(C=Cc3ccccc3)c2[nH]1. The summed E-state index contributed by atoms with van der Waals surface area (Å²) in [6, 6.07) is 11.7. The molecule has 0 bridgehead atoms. The van der Waals surface area contributed by atoms with Crippen molar-refractivity contribution in [3.63, 3.8) is 0 Å². The number of rotatable bonds is 3. The van der Waals surface area contributed by atoms with E-state index in [-0.39, 0.29) is 5.69 Å². The Kier molecular flexibility index (Phi) is 2.93. The topological polar surface area (TPSA) is 53.1 Å². The number of carboxylic acid groups (broad SMARTS) is 1. The molecule has 0 spiro atoms. The first-order valence-corrected chi connectivity index (χ1v) is 6.68. The van der Waals surface area contributed by atoms with Crippen LogP contribution in [-0.4, -0.2) is 16.1 Å². The maximum atomic E-state index is 10.9. The summed E-state index contributed by atoms with van der Waals surface area (Å²) < 4.78 is 0.963. The van der Waals surface area contributed by atoms with Crippen LogP contribution in [0.4, 0.5) is 0 Å². The third-order valence-corrected chi connectivity index (χ3v) is 3.82. The summed E-state index contributed by atoms with van der Waals surface area (Å²) >= 11 is 1.54. The van der Waals surface area contributed by atoms with E-state index in [2.05, 4.69) is 4.98 Å². The van der Waals surface area contributed by atoms with Crippen LogP contribution < -0.4 is 0 Å². The zero-order valence-corrected chi connectivity index (χ0v) is 10.8. The van der Waals surface area contributed by atoms with Crippen LogP contribution in [0, 0.1) is 0 Å². The normalized spacial score (nSPS) is 11.4. The van der Waals surface area contributed by atoms with Crippen LogP contribution in [0.15, 0.2) is 41.8 Å². The molecule has 3 nitrogen and oxygen atoms in total. The van der Waals surface area contributed by atoms with Crippen molar-refractivity contribution in [2.75, 3.05) is 0 Å². The lowest BCUT2D eigenvalue weighted by atomic mass is 10.2. The van der Waals surface area contributed by atoms with E-state index in [1.165, 1.54) is 0 Å². The summed E-state index contributed by atoms with van der Waals surface area (Å²) in [5.41, 5.74) is 3.24. The number of benzene rings is 1. The minimum atomic E-state index is -0.929. The highest BCUT2D eigenvalue weighted by Gasteiger charge is 2.10. The highest BCUT2D eigenvalue weighted by Crippen LogP contribution is 2.28. The second-order valence-corrected chi connectivity index (χ2v) is 5.07. The van der Waals surface area contributed by atoms with Crippen LogP contribution in [-0.2, 0) is 0 Å². The van der Waals surface area contributed by atoms with Gasteiger partial charge in [0.15, 0.2) is 0 Å². The van der Waals surface area contributed by atoms with E-state index in [0.717, 1.165) is 21.3 Å². The molecule has 0 unspecified atom stereocenters. The Labute approximate surface area is 113 Å². The van der Waals surface area contributed by atoms with Crippen LogP contribution in [0.1, 0.15) is 21.6 Å². The minimum Gasteiger partial charge on any atom is -0.477 e. The van der Waals surface area contributed by atoms with Crippen molar-refractivity contribution in [1.82, 2.24) is 4.98 Å². The average Bonchev–Trinajstić information content (AvgIpc) is 2.98. The van der Waals surface area contributed by atoms with Crippen molar-refractivity contribution >= 4 is 39.7 Å². The fourth-order valence-corrected chi connectivity index (χ4v) is 2.84. The molecule has 0 saturated heterocycles. The second-order valence-electron chi connectivity index (χ2n) is 4.16. The lowest BCUT2D eigenvalue weighted by Crippen LogP contribution is -1.95. The van der Waals surface area contributed by atoms with E-state index in [4.69, 9.17) is 5.11 Å². The first-order chi connectivity index (χ1) is 9.24. The van der Waals surface area contributed by atoms with E-state index < -0.39 is 5.97 Å². The van der Waals surface area contributed by atoms with Crippen LogP contribution in [0.5, 0.6) is 0 Å². The largest absolute Gasteiger partial charge is 0.477 e. The Morgan fingerprint density at radius 3 is 2.74 bits per heavy atom. The predicted octanol–water partition coefficient (Wildman–Crippen LogP) is 4.10. The smallest absolute Gasteiger partial charge is 0.352 e. The Morgan fingerprint density at radius 2 is 2.00 bits per heavy atom. The first kappa shape index (κ1) is 11.7. The third-order valence-electron chi connectivity index (χ3n) is 2.87. The summed E-state index contributed by atoms with van der Waals surface area (Å²) in [5, 5.41) is 11.0. The molecule has 0 amide bonds. The Hall–Kier alpha value is -2.33. The standard InChI is InChI=1S/C15H11NO2S/c17-15(18)12-8-13-14(16-12)11(9-19-13)7-6-10-4-2-1-3-5-10/h1-9,16H,(H,17,18). The first-order valence-electron chi connectivity index (χ1n) is 5.80. The van der Waals surface area contributed by atoms with Gasteiger partial charge in [0, 0.05) is 10.9 Å². The number of nitrogens with one attached hydrogen (secondary N) is 1. The van der Waals surface area contributed by atoms with Gasteiger partial charge in [-0.15, -0.1) is 11.3 Å². The quantitative estimate of drug-likeness (QED) is 0.752. The van der Waals surface area contributed by atoms with Gasteiger partial charge in [-0.05, 0) is 11.6 Å². The number of aromatic nitrogens is 1. The van der Waals surface area contributed by atoms with Gasteiger partial charge in [0.05, 0.1) is 10.2 Å². The lowest BCUT2D eigenvalue weighted by molar-refractivity contribution is 0.0691. The minimum absolute atomic E-state index is 0.233. The number of aromatic amines is 1. The zero-order chi connectivity index (χ0) is 13.2. The van der Waals surface area contributed by atoms with Crippen molar-refractivity contribution < 1.29 is 9.90 Å². The van der Waals surface area contributed by atoms with E-state index in [9.17, 15) is 4.79 Å². The second kappa shape index (κ2) is 4.74. The van der Waals surface area contributed by atoms with Gasteiger partial charge >= 0.3 is 5.97 Å². The van der Waals surface area contributed by atoms with E-state index in [1.54, 1.807) is 17.4 Å². The van der Waals surface area contributed by atoms with Crippen LogP contribution in [0.25, 0.3) is 22.4 Å². The summed E-state index contributed by atoms with van der Waals surface area (Å²) in [5.74, 6) is -0.929. The number of aromatic carboxylic acids is 1. The third kappa shape index (κ3) is 2.30. The van der Waals surface area contributed by atoms with Crippen LogP contribution in [0.3, 0.4) is 0 Å². The summed E-state index contributed by atoms with van der Waals surface area (Å²) in [6.07, 6.45) is 4.01. The number of hydrogen-bond acceptors (Lipinski definition) is 2. The molecule has 0 fully saturated rings. The molecule has 94 valence electrons. The Bertz CT molecular complexity index is 753. The summed E-state index contributed by atoms with van der Waals surface area (Å²) in [4.78, 5) is 13.9. The fourth-order valence-electron chi connectivity index (χ4n) is 1.92. The highest BCUT2D eigenvalue weighted by atomic mass is 32.1. The molecule has 0 radical (unpaired) electrons. The van der Waals surface area contributed by atoms with E-state index in [0.29, 0.717) is 0 Å². The molecule has 0 aliphatic rings. The van der Waals surface area contributed by atoms with Crippen LogP contribution in [0.2, 0.25) is 0 Å². The van der Waals surface area contributed by atoms with E-state index >= 15 is 0 Å². The van der Waals surface area contributed by atoms with Crippen LogP contribution >= 0.6 is 11.3 Å².